The van der Waals surface area contributed by atoms with Gasteiger partial charge in [0.25, 0.3) is 0 Å². The molecule has 0 aromatic rings. The van der Waals surface area contributed by atoms with E-state index in [2.05, 4.69) is 4.99 Å². The first-order valence-electron chi connectivity index (χ1n) is 3.24. The summed E-state index contributed by atoms with van der Waals surface area (Å²) in [5, 5.41) is 0. The van der Waals surface area contributed by atoms with Crippen LogP contribution in [0.1, 0.15) is 19.8 Å². The molecule has 0 aliphatic rings. The molecule has 0 aliphatic heterocycles. The van der Waals surface area contributed by atoms with E-state index in [9.17, 15) is 4.79 Å². The van der Waals surface area contributed by atoms with Gasteiger partial charge in [-0.1, -0.05) is 6.92 Å². The van der Waals surface area contributed by atoms with Crippen LogP contribution in [0, 0.1) is 0 Å². The van der Waals surface area contributed by atoms with Crippen molar-refractivity contribution in [2.75, 3.05) is 6.54 Å². The van der Waals surface area contributed by atoms with E-state index in [0.29, 0.717) is 12.4 Å². The minimum atomic E-state index is -0.433. The lowest BCUT2D eigenvalue weighted by Crippen LogP contribution is -2.22. The summed E-state index contributed by atoms with van der Waals surface area (Å²) in [5.74, 6) is -0.105. The van der Waals surface area contributed by atoms with E-state index in [1.165, 1.54) is 0 Å². The smallest absolute Gasteiger partial charge is 0.224 e. The number of nitrogens with two attached hydrogens (primary N) is 2. The third kappa shape index (κ3) is 5.08. The predicted octanol–water partition coefficient (Wildman–Crippen LogP) is -0.371. The van der Waals surface area contributed by atoms with Crippen molar-refractivity contribution in [3.05, 3.63) is 0 Å². The molecule has 0 aromatic carbocycles. The van der Waals surface area contributed by atoms with E-state index in [1.54, 1.807) is 0 Å². The van der Waals surface area contributed by atoms with Gasteiger partial charge in [-0.15, -0.1) is 0 Å². The SMILES string of the molecule is CCCN=C(N)CC(N)=O. The summed E-state index contributed by atoms with van der Waals surface area (Å²) in [6.07, 6.45) is 0.999. The summed E-state index contributed by atoms with van der Waals surface area (Å²) in [7, 11) is 0. The zero-order valence-electron chi connectivity index (χ0n) is 6.13. The van der Waals surface area contributed by atoms with Crippen molar-refractivity contribution in [3.8, 4) is 0 Å². The standard InChI is InChI=1S/C6H13N3O/c1-2-3-9-5(7)4-6(8)10/h2-4H2,1H3,(H2,7,9)(H2,8,10). The van der Waals surface area contributed by atoms with Gasteiger partial charge in [0.1, 0.15) is 5.84 Å². The van der Waals surface area contributed by atoms with Gasteiger partial charge in [-0.2, -0.15) is 0 Å². The first kappa shape index (κ1) is 8.94. The number of carbonyl (C=O) groups is 1. The van der Waals surface area contributed by atoms with Crippen LogP contribution >= 0.6 is 0 Å². The van der Waals surface area contributed by atoms with E-state index in [1.807, 2.05) is 6.92 Å². The van der Waals surface area contributed by atoms with Crippen molar-refractivity contribution < 1.29 is 4.79 Å². The van der Waals surface area contributed by atoms with Gasteiger partial charge in [0.15, 0.2) is 0 Å². The van der Waals surface area contributed by atoms with Crippen molar-refractivity contribution in [2.45, 2.75) is 19.8 Å². The monoisotopic (exact) mass is 143 g/mol. The predicted molar refractivity (Wildman–Crippen MR) is 40.6 cm³/mol. The lowest BCUT2D eigenvalue weighted by Gasteiger charge is -1.94. The zero-order valence-corrected chi connectivity index (χ0v) is 6.13. The Balaban J connectivity index is 3.59. The fraction of sp³-hybridized carbons (Fsp3) is 0.667. The normalized spacial score (nSPS) is 11.5. The summed E-state index contributed by atoms with van der Waals surface area (Å²) >= 11 is 0. The van der Waals surface area contributed by atoms with Crippen molar-refractivity contribution in [2.24, 2.45) is 16.5 Å². The molecule has 10 heavy (non-hydrogen) atoms. The van der Waals surface area contributed by atoms with Gasteiger partial charge >= 0.3 is 0 Å². The van der Waals surface area contributed by atoms with Crippen molar-refractivity contribution in [1.29, 1.82) is 0 Å². The molecule has 0 atom stereocenters. The Morgan fingerprint density at radius 1 is 1.50 bits per heavy atom. The van der Waals surface area contributed by atoms with E-state index in [0.717, 1.165) is 6.42 Å². The average molecular weight is 143 g/mol. The Hall–Kier alpha value is -1.06. The number of amides is 1. The second kappa shape index (κ2) is 4.78. The molecule has 0 rings (SSSR count). The maximum absolute atomic E-state index is 10.2. The summed E-state index contributed by atoms with van der Waals surface area (Å²) < 4.78 is 0. The third-order valence-corrected chi connectivity index (χ3v) is 0.894. The Bertz CT molecular complexity index is 142. The molecule has 0 radical (unpaired) electrons. The van der Waals surface area contributed by atoms with Crippen LogP contribution in [0.25, 0.3) is 0 Å². The highest BCUT2D eigenvalue weighted by molar-refractivity contribution is 5.98. The van der Waals surface area contributed by atoms with Crippen molar-refractivity contribution in [1.82, 2.24) is 0 Å². The van der Waals surface area contributed by atoms with Crippen LogP contribution in [0.3, 0.4) is 0 Å². The topological polar surface area (TPSA) is 81.5 Å². The summed E-state index contributed by atoms with van der Waals surface area (Å²) in [6.45, 7) is 2.65. The van der Waals surface area contributed by atoms with Crippen LogP contribution in [0.5, 0.6) is 0 Å². The first-order chi connectivity index (χ1) is 4.66. The highest BCUT2D eigenvalue weighted by Crippen LogP contribution is 1.81. The molecule has 0 saturated heterocycles. The van der Waals surface area contributed by atoms with Crippen LogP contribution in [0.2, 0.25) is 0 Å². The van der Waals surface area contributed by atoms with Gasteiger partial charge in [0.05, 0.1) is 6.42 Å². The van der Waals surface area contributed by atoms with Crippen LogP contribution in [0.15, 0.2) is 4.99 Å². The molecule has 58 valence electrons. The van der Waals surface area contributed by atoms with Gasteiger partial charge in [-0.3, -0.25) is 9.79 Å². The van der Waals surface area contributed by atoms with Crippen LogP contribution < -0.4 is 11.5 Å². The minimum Gasteiger partial charge on any atom is -0.387 e. The number of hydrogen-bond donors (Lipinski definition) is 2. The average Bonchev–Trinajstić information content (AvgIpc) is 1.82. The Kier molecular flexibility index (Phi) is 4.28. The molecule has 1 amide bonds. The number of rotatable bonds is 4. The largest absolute Gasteiger partial charge is 0.387 e. The number of carbonyl (C=O) groups excluding carboxylic acids is 1. The number of hydrogen-bond acceptors (Lipinski definition) is 2. The number of aliphatic imine (C=N–C) groups is 1. The molecule has 0 unspecified atom stereocenters. The molecule has 0 aromatic heterocycles. The lowest BCUT2D eigenvalue weighted by molar-refractivity contribution is -0.116. The number of primary amides is 1. The Labute approximate surface area is 60.3 Å². The Morgan fingerprint density at radius 2 is 2.10 bits per heavy atom. The maximum Gasteiger partial charge on any atom is 0.224 e. The minimum absolute atomic E-state index is 0.0694. The van der Waals surface area contributed by atoms with E-state index in [4.69, 9.17) is 11.5 Å². The number of nitrogens with zero attached hydrogens (tertiary/aromatic N) is 1. The quantitative estimate of drug-likeness (QED) is 0.416. The summed E-state index contributed by atoms with van der Waals surface area (Å²) in [6, 6.07) is 0. The van der Waals surface area contributed by atoms with Gasteiger partial charge < -0.3 is 11.5 Å². The number of amidine groups is 1. The second-order valence-electron chi connectivity index (χ2n) is 2.02. The van der Waals surface area contributed by atoms with Gasteiger partial charge in [-0.05, 0) is 6.42 Å². The molecule has 0 aliphatic carbocycles. The summed E-state index contributed by atoms with van der Waals surface area (Å²) in [5.41, 5.74) is 10.2. The highest BCUT2D eigenvalue weighted by atomic mass is 16.1. The fourth-order valence-corrected chi connectivity index (χ4v) is 0.490. The van der Waals surface area contributed by atoms with Gasteiger partial charge in [0.2, 0.25) is 5.91 Å². The van der Waals surface area contributed by atoms with Gasteiger partial charge in [0, 0.05) is 6.54 Å². The molecule has 0 saturated carbocycles. The highest BCUT2D eigenvalue weighted by Gasteiger charge is 1.96. The molecular weight excluding hydrogens is 130 g/mol. The summed E-state index contributed by atoms with van der Waals surface area (Å²) in [4.78, 5) is 14.1. The van der Waals surface area contributed by atoms with Crippen molar-refractivity contribution in [3.63, 3.8) is 0 Å². The van der Waals surface area contributed by atoms with Crippen LogP contribution in [-0.2, 0) is 4.79 Å². The molecule has 0 fully saturated rings. The fourth-order valence-electron chi connectivity index (χ4n) is 0.490. The second-order valence-corrected chi connectivity index (χ2v) is 2.02. The Morgan fingerprint density at radius 3 is 2.50 bits per heavy atom. The third-order valence-electron chi connectivity index (χ3n) is 0.894. The lowest BCUT2D eigenvalue weighted by atomic mass is 10.4. The van der Waals surface area contributed by atoms with E-state index < -0.39 is 5.91 Å². The zero-order chi connectivity index (χ0) is 7.98. The van der Waals surface area contributed by atoms with Crippen LogP contribution in [-0.4, -0.2) is 18.3 Å². The molecule has 4 heteroatoms. The molecular formula is C6H13N3O. The van der Waals surface area contributed by atoms with Crippen molar-refractivity contribution >= 4 is 11.7 Å². The van der Waals surface area contributed by atoms with E-state index in [-0.39, 0.29) is 6.42 Å². The van der Waals surface area contributed by atoms with Crippen LogP contribution in [0.4, 0.5) is 0 Å². The molecule has 4 N–H and O–H groups in total. The molecule has 0 bridgehead atoms. The molecule has 4 nitrogen and oxygen atoms in total. The van der Waals surface area contributed by atoms with Gasteiger partial charge in [-0.25, -0.2) is 0 Å². The molecule has 0 spiro atoms. The molecule has 0 heterocycles. The maximum atomic E-state index is 10.2. The first-order valence-corrected chi connectivity index (χ1v) is 3.24. The van der Waals surface area contributed by atoms with E-state index >= 15 is 0 Å².